The minimum Gasteiger partial charge on any atom is -0.335 e. The van der Waals surface area contributed by atoms with Gasteiger partial charge in [0.15, 0.2) is 0 Å². The predicted octanol–water partition coefficient (Wildman–Crippen LogP) is 1.74. The molecule has 2 amide bonds. The summed E-state index contributed by atoms with van der Waals surface area (Å²) in [5.41, 5.74) is 0.870. The van der Waals surface area contributed by atoms with E-state index in [2.05, 4.69) is 10.00 Å². The zero-order valence-electron chi connectivity index (χ0n) is 15.8. The van der Waals surface area contributed by atoms with Crippen molar-refractivity contribution in [3.05, 3.63) is 34.3 Å². The van der Waals surface area contributed by atoms with Crippen molar-refractivity contribution in [2.24, 2.45) is 7.05 Å². The topological polar surface area (TPSA) is 61.7 Å². The van der Waals surface area contributed by atoms with Gasteiger partial charge in [0, 0.05) is 50.8 Å². The lowest BCUT2D eigenvalue weighted by Crippen LogP contribution is -2.58. The number of nitrogens with zero attached hydrogens (tertiary/aromatic N) is 5. The highest BCUT2D eigenvalue weighted by Gasteiger charge is 2.36. The van der Waals surface area contributed by atoms with E-state index in [0.717, 1.165) is 47.9 Å². The number of thiophene rings is 1. The van der Waals surface area contributed by atoms with Gasteiger partial charge in [0.2, 0.25) is 5.91 Å². The van der Waals surface area contributed by atoms with Crippen molar-refractivity contribution in [2.75, 3.05) is 37.6 Å². The molecule has 4 rings (SSSR count). The SMILES string of the molecule is Cc1ccc(C(=O)N2CCN(C3CCCN(c4cnn(C)c4)C3=O)CC2)s1. The van der Waals surface area contributed by atoms with E-state index in [1.54, 1.807) is 22.2 Å². The summed E-state index contributed by atoms with van der Waals surface area (Å²) in [5.74, 6) is 0.266. The van der Waals surface area contributed by atoms with Crippen LogP contribution in [0.15, 0.2) is 24.5 Å². The Hall–Kier alpha value is -2.19. The fourth-order valence-electron chi connectivity index (χ4n) is 3.94. The number of piperazine rings is 1. The fourth-order valence-corrected chi connectivity index (χ4v) is 4.78. The van der Waals surface area contributed by atoms with Gasteiger partial charge in [-0.05, 0) is 31.9 Å². The average molecular weight is 388 g/mol. The number of rotatable bonds is 3. The van der Waals surface area contributed by atoms with E-state index >= 15 is 0 Å². The van der Waals surface area contributed by atoms with Gasteiger partial charge in [-0.15, -0.1) is 11.3 Å². The Labute approximate surface area is 163 Å². The third-order valence-corrected chi connectivity index (χ3v) is 6.40. The zero-order chi connectivity index (χ0) is 19.0. The van der Waals surface area contributed by atoms with Gasteiger partial charge in [-0.1, -0.05) is 0 Å². The van der Waals surface area contributed by atoms with Crippen LogP contribution in [-0.4, -0.2) is 70.2 Å². The van der Waals surface area contributed by atoms with Crippen LogP contribution in [-0.2, 0) is 11.8 Å². The van der Waals surface area contributed by atoms with Crippen LogP contribution in [0.3, 0.4) is 0 Å². The van der Waals surface area contributed by atoms with Gasteiger partial charge < -0.3 is 9.80 Å². The Balaban J connectivity index is 1.39. The fraction of sp³-hybridized carbons (Fsp3) is 0.526. The maximum atomic E-state index is 13.0. The summed E-state index contributed by atoms with van der Waals surface area (Å²) in [6.07, 6.45) is 5.51. The van der Waals surface area contributed by atoms with Gasteiger partial charge in [-0.25, -0.2) is 0 Å². The standard InChI is InChI=1S/C19H25N5O2S/c1-14-5-6-17(27-14)19(26)23-10-8-22(9-11-23)16-4-3-7-24(18(16)25)15-12-20-21(2)13-15/h5-6,12-13,16H,3-4,7-11H2,1-2H3. The summed E-state index contributed by atoms with van der Waals surface area (Å²) >= 11 is 1.55. The number of hydrogen-bond donors (Lipinski definition) is 0. The van der Waals surface area contributed by atoms with Gasteiger partial charge in [0.1, 0.15) is 0 Å². The number of carbonyl (C=O) groups excluding carboxylic acids is 2. The average Bonchev–Trinajstić information content (AvgIpc) is 3.30. The largest absolute Gasteiger partial charge is 0.335 e. The molecule has 0 radical (unpaired) electrons. The Bertz CT molecular complexity index is 837. The number of carbonyl (C=O) groups is 2. The van der Waals surface area contributed by atoms with Gasteiger partial charge >= 0.3 is 0 Å². The van der Waals surface area contributed by atoms with Crippen LogP contribution >= 0.6 is 11.3 Å². The van der Waals surface area contributed by atoms with Crippen LogP contribution in [0.2, 0.25) is 0 Å². The van der Waals surface area contributed by atoms with Crippen LogP contribution < -0.4 is 4.90 Å². The summed E-state index contributed by atoms with van der Waals surface area (Å²) < 4.78 is 1.73. The molecule has 8 heteroatoms. The van der Waals surface area contributed by atoms with Crippen molar-refractivity contribution in [3.63, 3.8) is 0 Å². The summed E-state index contributed by atoms with van der Waals surface area (Å²) in [5, 5.41) is 4.19. The molecule has 0 bridgehead atoms. The second kappa shape index (κ2) is 7.44. The molecule has 2 aliphatic heterocycles. The van der Waals surface area contributed by atoms with E-state index in [1.165, 1.54) is 0 Å². The molecule has 2 aliphatic rings. The molecule has 0 N–H and O–H groups in total. The van der Waals surface area contributed by atoms with Gasteiger partial charge in [0.25, 0.3) is 5.91 Å². The summed E-state index contributed by atoms with van der Waals surface area (Å²) in [7, 11) is 1.86. The molecule has 1 atom stereocenters. The minimum absolute atomic E-state index is 0.0970. The molecule has 27 heavy (non-hydrogen) atoms. The van der Waals surface area contributed by atoms with Crippen molar-refractivity contribution in [1.82, 2.24) is 19.6 Å². The second-order valence-corrected chi connectivity index (χ2v) is 8.55. The van der Waals surface area contributed by atoms with E-state index < -0.39 is 0 Å². The zero-order valence-corrected chi connectivity index (χ0v) is 16.6. The Morgan fingerprint density at radius 2 is 1.96 bits per heavy atom. The Kier molecular flexibility index (Phi) is 5.01. The normalized spacial score (nSPS) is 21.7. The van der Waals surface area contributed by atoms with Gasteiger partial charge in [0.05, 0.1) is 22.8 Å². The molecular weight excluding hydrogens is 362 g/mol. The molecule has 0 spiro atoms. The smallest absolute Gasteiger partial charge is 0.264 e. The molecule has 4 heterocycles. The molecule has 1 unspecified atom stereocenters. The molecule has 2 fully saturated rings. The number of aromatic nitrogens is 2. The molecular formula is C19H25N5O2S. The first-order valence-corrected chi connectivity index (χ1v) is 10.2. The predicted molar refractivity (Wildman–Crippen MR) is 105 cm³/mol. The van der Waals surface area contributed by atoms with Crippen LogP contribution in [0.5, 0.6) is 0 Å². The van der Waals surface area contributed by atoms with E-state index in [4.69, 9.17) is 0 Å². The highest BCUT2D eigenvalue weighted by Crippen LogP contribution is 2.25. The maximum absolute atomic E-state index is 13.0. The number of anilines is 1. The first-order chi connectivity index (χ1) is 13.0. The molecule has 2 aromatic rings. The molecule has 2 aromatic heterocycles. The van der Waals surface area contributed by atoms with Crippen molar-refractivity contribution < 1.29 is 9.59 Å². The quantitative estimate of drug-likeness (QED) is 0.805. The lowest BCUT2D eigenvalue weighted by Gasteiger charge is -2.42. The summed E-state index contributed by atoms with van der Waals surface area (Å²) in [6.45, 7) is 5.60. The van der Waals surface area contributed by atoms with Crippen LogP contribution in [0.25, 0.3) is 0 Å². The molecule has 7 nitrogen and oxygen atoms in total. The number of amides is 2. The maximum Gasteiger partial charge on any atom is 0.264 e. The van der Waals surface area contributed by atoms with Crippen molar-refractivity contribution >= 4 is 28.8 Å². The number of hydrogen-bond acceptors (Lipinski definition) is 5. The monoisotopic (exact) mass is 387 g/mol. The van der Waals surface area contributed by atoms with E-state index in [-0.39, 0.29) is 17.9 Å². The Morgan fingerprint density at radius 3 is 2.59 bits per heavy atom. The van der Waals surface area contributed by atoms with Crippen molar-refractivity contribution in [1.29, 1.82) is 0 Å². The first kappa shape index (κ1) is 18.2. The van der Waals surface area contributed by atoms with E-state index in [0.29, 0.717) is 13.1 Å². The van der Waals surface area contributed by atoms with E-state index in [9.17, 15) is 9.59 Å². The third kappa shape index (κ3) is 3.64. The lowest BCUT2D eigenvalue weighted by atomic mass is 10.0. The van der Waals surface area contributed by atoms with Crippen molar-refractivity contribution in [3.8, 4) is 0 Å². The number of piperidine rings is 1. The van der Waals surface area contributed by atoms with Gasteiger partial charge in [-0.3, -0.25) is 19.2 Å². The highest BCUT2D eigenvalue weighted by molar-refractivity contribution is 7.13. The molecule has 0 saturated carbocycles. The Morgan fingerprint density at radius 1 is 1.19 bits per heavy atom. The minimum atomic E-state index is -0.0970. The van der Waals surface area contributed by atoms with Crippen LogP contribution in [0.1, 0.15) is 27.4 Å². The number of aryl methyl sites for hydroxylation is 2. The lowest BCUT2D eigenvalue weighted by molar-refractivity contribution is -0.126. The van der Waals surface area contributed by atoms with E-state index in [1.807, 2.05) is 42.1 Å². The summed E-state index contributed by atoms with van der Waals surface area (Å²) in [4.78, 5) is 33.6. The summed E-state index contributed by atoms with van der Waals surface area (Å²) in [6, 6.07) is 3.80. The van der Waals surface area contributed by atoms with Crippen LogP contribution in [0, 0.1) is 6.92 Å². The molecule has 2 saturated heterocycles. The van der Waals surface area contributed by atoms with Crippen LogP contribution in [0.4, 0.5) is 5.69 Å². The molecule has 0 aromatic carbocycles. The third-order valence-electron chi connectivity index (χ3n) is 5.41. The van der Waals surface area contributed by atoms with Gasteiger partial charge in [-0.2, -0.15) is 5.10 Å². The van der Waals surface area contributed by atoms with Crippen molar-refractivity contribution in [2.45, 2.75) is 25.8 Å². The molecule has 144 valence electrons. The first-order valence-electron chi connectivity index (χ1n) is 9.43. The highest BCUT2D eigenvalue weighted by atomic mass is 32.1. The molecule has 0 aliphatic carbocycles. The second-order valence-electron chi connectivity index (χ2n) is 7.26.